The number of hydrogen-bond acceptors (Lipinski definition) is 1. The van der Waals surface area contributed by atoms with Crippen molar-refractivity contribution >= 4 is 16.7 Å². The van der Waals surface area contributed by atoms with Gasteiger partial charge in [0.1, 0.15) is 11.6 Å². The van der Waals surface area contributed by atoms with Gasteiger partial charge in [-0.2, -0.15) is 0 Å². The molecule has 0 amide bonds. The lowest BCUT2D eigenvalue weighted by atomic mass is 9.95. The van der Waals surface area contributed by atoms with Crippen molar-refractivity contribution in [2.24, 2.45) is 0 Å². The van der Waals surface area contributed by atoms with Gasteiger partial charge in [-0.05, 0) is 34.4 Å². The molecule has 3 aromatic rings. The van der Waals surface area contributed by atoms with Crippen LogP contribution in [0.3, 0.4) is 0 Å². The van der Waals surface area contributed by atoms with Gasteiger partial charge in [0.05, 0.1) is 7.11 Å². The molecular formula is C24H19FO. The van der Waals surface area contributed by atoms with Gasteiger partial charge in [0, 0.05) is 17.6 Å². The predicted molar refractivity (Wildman–Crippen MR) is 105 cm³/mol. The molecule has 0 heterocycles. The molecule has 0 unspecified atom stereocenters. The Morgan fingerprint density at radius 3 is 1.77 bits per heavy atom. The Kier molecular flexibility index (Phi) is 4.40. The van der Waals surface area contributed by atoms with Crippen LogP contribution in [0.4, 0.5) is 4.39 Å². The van der Waals surface area contributed by atoms with Crippen molar-refractivity contribution in [2.75, 3.05) is 7.11 Å². The van der Waals surface area contributed by atoms with Crippen LogP contribution in [-0.2, 0) is 0 Å². The van der Waals surface area contributed by atoms with Crippen LogP contribution in [0.1, 0.15) is 23.1 Å². The molecule has 0 aliphatic heterocycles. The molecule has 0 bridgehead atoms. The van der Waals surface area contributed by atoms with Crippen LogP contribution < -0.4 is 4.74 Å². The van der Waals surface area contributed by atoms with E-state index in [0.29, 0.717) is 12.0 Å². The number of allylic oxidation sites excluding steroid dienone is 4. The molecule has 128 valence electrons. The van der Waals surface area contributed by atoms with Crippen LogP contribution in [-0.4, -0.2) is 7.11 Å². The summed E-state index contributed by atoms with van der Waals surface area (Å²) in [6, 6.07) is 27.4. The van der Waals surface area contributed by atoms with Crippen molar-refractivity contribution in [3.8, 4) is 5.75 Å². The summed E-state index contributed by atoms with van der Waals surface area (Å²) < 4.78 is 20.8. The number of halogens is 1. The average Bonchev–Trinajstić information content (AvgIpc) is 3.06. The van der Waals surface area contributed by atoms with Crippen molar-refractivity contribution in [2.45, 2.75) is 6.42 Å². The molecule has 1 nitrogen and oxygen atoms in total. The minimum atomic E-state index is -0.139. The van der Waals surface area contributed by atoms with Crippen molar-refractivity contribution < 1.29 is 9.13 Å². The van der Waals surface area contributed by atoms with E-state index in [-0.39, 0.29) is 5.83 Å². The first-order valence-corrected chi connectivity index (χ1v) is 8.65. The lowest BCUT2D eigenvalue weighted by molar-refractivity contribution is 0.415. The van der Waals surface area contributed by atoms with Crippen LogP contribution >= 0.6 is 0 Å². The van der Waals surface area contributed by atoms with E-state index >= 15 is 4.39 Å². The molecule has 1 aliphatic carbocycles. The monoisotopic (exact) mass is 342 g/mol. The SMILES string of the molecule is COc1ccc(C2=C(F)C(c3ccccc3)=C(c3ccccc3)C2)cc1. The fourth-order valence-electron chi connectivity index (χ4n) is 3.44. The number of rotatable bonds is 4. The summed E-state index contributed by atoms with van der Waals surface area (Å²) in [4.78, 5) is 0. The Balaban J connectivity index is 1.84. The van der Waals surface area contributed by atoms with Gasteiger partial charge in [0.2, 0.25) is 0 Å². The Hall–Kier alpha value is -3.13. The third-order valence-corrected chi connectivity index (χ3v) is 4.76. The third kappa shape index (κ3) is 2.95. The van der Waals surface area contributed by atoms with E-state index in [1.54, 1.807) is 7.11 Å². The van der Waals surface area contributed by atoms with E-state index in [9.17, 15) is 0 Å². The van der Waals surface area contributed by atoms with Gasteiger partial charge in [0.15, 0.2) is 0 Å². The highest BCUT2D eigenvalue weighted by atomic mass is 19.1. The number of benzene rings is 3. The van der Waals surface area contributed by atoms with Crippen LogP contribution in [0.2, 0.25) is 0 Å². The van der Waals surface area contributed by atoms with Gasteiger partial charge in [-0.3, -0.25) is 0 Å². The van der Waals surface area contributed by atoms with E-state index in [4.69, 9.17) is 4.74 Å². The zero-order chi connectivity index (χ0) is 17.9. The lowest BCUT2D eigenvalue weighted by Gasteiger charge is -2.08. The molecule has 0 radical (unpaired) electrons. The van der Waals surface area contributed by atoms with Gasteiger partial charge in [0.25, 0.3) is 0 Å². The first-order valence-electron chi connectivity index (χ1n) is 8.65. The Morgan fingerprint density at radius 2 is 1.19 bits per heavy atom. The first-order chi connectivity index (χ1) is 12.8. The topological polar surface area (TPSA) is 9.23 Å². The van der Waals surface area contributed by atoms with E-state index in [2.05, 4.69) is 0 Å². The maximum atomic E-state index is 15.5. The zero-order valence-corrected chi connectivity index (χ0v) is 14.6. The summed E-state index contributed by atoms with van der Waals surface area (Å²) in [5, 5.41) is 0. The maximum Gasteiger partial charge on any atom is 0.135 e. The summed E-state index contributed by atoms with van der Waals surface area (Å²) >= 11 is 0. The highest BCUT2D eigenvalue weighted by Gasteiger charge is 2.27. The fraction of sp³-hybridized carbons (Fsp3) is 0.0833. The summed E-state index contributed by atoms with van der Waals surface area (Å²) in [6.45, 7) is 0. The molecule has 0 N–H and O–H groups in total. The first kappa shape index (κ1) is 16.3. The third-order valence-electron chi connectivity index (χ3n) is 4.76. The molecule has 1 aliphatic rings. The summed E-state index contributed by atoms with van der Waals surface area (Å²) in [6.07, 6.45) is 0.576. The fourth-order valence-corrected chi connectivity index (χ4v) is 3.44. The molecular weight excluding hydrogens is 323 g/mol. The second kappa shape index (κ2) is 7.01. The van der Waals surface area contributed by atoms with E-state index in [1.807, 2.05) is 84.9 Å². The zero-order valence-electron chi connectivity index (χ0n) is 14.6. The van der Waals surface area contributed by atoms with E-state index in [1.165, 1.54) is 0 Å². The summed E-state index contributed by atoms with van der Waals surface area (Å²) in [7, 11) is 1.63. The van der Waals surface area contributed by atoms with Crippen LogP contribution in [0.5, 0.6) is 5.75 Å². The van der Waals surface area contributed by atoms with Crippen molar-refractivity contribution in [1.29, 1.82) is 0 Å². The second-order valence-electron chi connectivity index (χ2n) is 6.28. The van der Waals surface area contributed by atoms with Crippen molar-refractivity contribution in [3.05, 3.63) is 107 Å². The Bertz CT molecular complexity index is 968. The molecule has 2 heteroatoms. The number of hydrogen-bond donors (Lipinski definition) is 0. The highest BCUT2D eigenvalue weighted by Crippen LogP contribution is 2.47. The molecule has 4 rings (SSSR count). The highest BCUT2D eigenvalue weighted by molar-refractivity contribution is 6.08. The number of methoxy groups -OCH3 is 1. The predicted octanol–water partition coefficient (Wildman–Crippen LogP) is 6.39. The molecule has 0 fully saturated rings. The molecule has 3 aromatic carbocycles. The molecule has 0 aromatic heterocycles. The Labute approximate surface area is 153 Å². The quantitative estimate of drug-likeness (QED) is 0.534. The molecule has 0 atom stereocenters. The normalized spacial score (nSPS) is 14.1. The molecule has 0 spiro atoms. The second-order valence-corrected chi connectivity index (χ2v) is 6.28. The minimum absolute atomic E-state index is 0.139. The standard InChI is InChI=1S/C24H19FO/c1-26-20-14-12-18(13-15-20)22-16-21(17-8-4-2-5-9-17)23(24(22)25)19-10-6-3-7-11-19/h2-15H,16H2,1H3. The van der Waals surface area contributed by atoms with Crippen LogP contribution in [0, 0.1) is 0 Å². The maximum absolute atomic E-state index is 15.5. The number of ether oxygens (including phenoxy) is 1. The van der Waals surface area contributed by atoms with Gasteiger partial charge in [-0.25, -0.2) is 4.39 Å². The van der Waals surface area contributed by atoms with Gasteiger partial charge < -0.3 is 4.74 Å². The van der Waals surface area contributed by atoms with Gasteiger partial charge >= 0.3 is 0 Å². The largest absolute Gasteiger partial charge is 0.497 e. The summed E-state index contributed by atoms with van der Waals surface area (Å²) in [5.74, 6) is 0.632. The van der Waals surface area contributed by atoms with Crippen molar-refractivity contribution in [3.63, 3.8) is 0 Å². The molecule has 26 heavy (non-hydrogen) atoms. The smallest absolute Gasteiger partial charge is 0.135 e. The Morgan fingerprint density at radius 1 is 0.654 bits per heavy atom. The van der Waals surface area contributed by atoms with Crippen molar-refractivity contribution in [1.82, 2.24) is 0 Å². The van der Waals surface area contributed by atoms with E-state index < -0.39 is 0 Å². The summed E-state index contributed by atoms with van der Waals surface area (Å²) in [5.41, 5.74) is 5.31. The van der Waals surface area contributed by atoms with Gasteiger partial charge in [-0.15, -0.1) is 0 Å². The van der Waals surface area contributed by atoms with Crippen LogP contribution in [0.15, 0.2) is 90.8 Å². The van der Waals surface area contributed by atoms with Gasteiger partial charge in [-0.1, -0.05) is 72.8 Å². The minimum Gasteiger partial charge on any atom is -0.497 e. The van der Waals surface area contributed by atoms with E-state index in [0.717, 1.165) is 33.6 Å². The van der Waals surface area contributed by atoms with Crippen LogP contribution in [0.25, 0.3) is 16.7 Å². The average molecular weight is 342 g/mol. The molecule has 0 saturated carbocycles. The lowest BCUT2D eigenvalue weighted by Crippen LogP contribution is -1.87. The molecule has 0 saturated heterocycles.